The maximum absolute atomic E-state index is 13.5. The van der Waals surface area contributed by atoms with Crippen molar-refractivity contribution in [3.05, 3.63) is 96.3 Å². The molecule has 0 saturated carbocycles. The summed E-state index contributed by atoms with van der Waals surface area (Å²) in [5.74, 6) is -1.81. The molecule has 2 amide bonds. The maximum atomic E-state index is 13.5. The van der Waals surface area contributed by atoms with E-state index in [9.17, 15) is 14.0 Å². The summed E-state index contributed by atoms with van der Waals surface area (Å²) in [7, 11) is 0. The number of imide groups is 1. The molecule has 5 nitrogen and oxygen atoms in total. The number of anilines is 2. The second-order valence-electron chi connectivity index (χ2n) is 7.06. The Bertz CT molecular complexity index is 1060. The van der Waals surface area contributed by atoms with Gasteiger partial charge < -0.3 is 0 Å². The quantitative estimate of drug-likeness (QED) is 0.639. The topological polar surface area (TPSA) is 49.9 Å². The van der Waals surface area contributed by atoms with Crippen molar-refractivity contribution in [1.82, 2.24) is 0 Å². The summed E-state index contributed by atoms with van der Waals surface area (Å²) in [5.41, 5.74) is 1.95. The van der Waals surface area contributed by atoms with Crippen LogP contribution in [0.2, 0.25) is 0 Å². The van der Waals surface area contributed by atoms with Crippen molar-refractivity contribution in [3.63, 3.8) is 0 Å². The van der Waals surface area contributed by atoms with Gasteiger partial charge in [-0.2, -0.15) is 0 Å². The van der Waals surface area contributed by atoms with Gasteiger partial charge in [-0.05, 0) is 42.0 Å². The molecule has 3 aromatic carbocycles. The lowest BCUT2D eigenvalue weighted by Crippen LogP contribution is -2.37. The Labute approximate surface area is 166 Å². The number of amides is 2. The third-order valence-electron chi connectivity index (χ3n) is 5.35. The molecular weight excluding hydrogens is 371 g/mol. The van der Waals surface area contributed by atoms with Gasteiger partial charge in [0.1, 0.15) is 11.7 Å². The molecule has 0 bridgehead atoms. The average molecular weight is 388 g/mol. The summed E-state index contributed by atoms with van der Waals surface area (Å²) in [6.07, 6.45) is -0.932. The number of nitrogens with zero attached hydrogens (tertiary/aromatic N) is 2. The fourth-order valence-corrected chi connectivity index (χ4v) is 4.04. The van der Waals surface area contributed by atoms with Gasteiger partial charge in [0.25, 0.3) is 5.91 Å². The van der Waals surface area contributed by atoms with Crippen LogP contribution in [0, 0.1) is 11.7 Å². The normalized spacial score (nSPS) is 23.6. The Kier molecular flexibility index (Phi) is 4.14. The first kappa shape index (κ1) is 17.6. The predicted octanol–water partition coefficient (Wildman–Crippen LogP) is 3.88. The Morgan fingerprint density at radius 2 is 1.31 bits per heavy atom. The molecule has 2 aliphatic rings. The van der Waals surface area contributed by atoms with E-state index in [0.717, 1.165) is 5.69 Å². The van der Waals surface area contributed by atoms with E-state index in [-0.39, 0.29) is 11.7 Å². The molecular formula is C23H17FN2O3. The monoisotopic (exact) mass is 388 g/mol. The molecule has 2 aliphatic heterocycles. The van der Waals surface area contributed by atoms with Gasteiger partial charge in [-0.25, -0.2) is 14.4 Å². The van der Waals surface area contributed by atoms with Crippen LogP contribution in [0.4, 0.5) is 15.8 Å². The van der Waals surface area contributed by atoms with E-state index in [0.29, 0.717) is 11.3 Å². The predicted molar refractivity (Wildman–Crippen MR) is 105 cm³/mol. The minimum absolute atomic E-state index is 0.320. The Balaban J connectivity index is 1.59. The van der Waals surface area contributed by atoms with E-state index in [1.54, 1.807) is 41.5 Å². The molecule has 0 spiro atoms. The molecule has 0 N–H and O–H groups in total. The molecule has 3 aromatic rings. The highest BCUT2D eigenvalue weighted by molar-refractivity contribution is 6.23. The number of carbonyl (C=O) groups is 2. The van der Waals surface area contributed by atoms with E-state index in [1.165, 1.54) is 17.0 Å². The fraction of sp³-hybridized carbons (Fsp3) is 0.130. The molecule has 3 atom stereocenters. The van der Waals surface area contributed by atoms with E-state index < -0.39 is 24.0 Å². The lowest BCUT2D eigenvalue weighted by atomic mass is 9.90. The number of carbonyl (C=O) groups excluding carboxylic acids is 2. The van der Waals surface area contributed by atoms with Gasteiger partial charge in [0, 0.05) is 0 Å². The molecule has 2 saturated heterocycles. The molecule has 2 fully saturated rings. The van der Waals surface area contributed by atoms with Gasteiger partial charge in [0.15, 0.2) is 6.10 Å². The molecule has 144 valence electrons. The zero-order chi connectivity index (χ0) is 20.0. The number of hydrogen-bond acceptors (Lipinski definition) is 4. The first-order valence-electron chi connectivity index (χ1n) is 9.34. The summed E-state index contributed by atoms with van der Waals surface area (Å²) in [6.45, 7) is 0. The van der Waals surface area contributed by atoms with Crippen LogP contribution in [0.25, 0.3) is 0 Å². The largest absolute Gasteiger partial charge is 0.273 e. The third-order valence-corrected chi connectivity index (χ3v) is 5.35. The highest BCUT2D eigenvalue weighted by atomic mass is 19.1. The number of rotatable bonds is 3. The third kappa shape index (κ3) is 2.80. The van der Waals surface area contributed by atoms with E-state index in [2.05, 4.69) is 0 Å². The van der Waals surface area contributed by atoms with Crippen LogP contribution in [0.5, 0.6) is 0 Å². The summed E-state index contributed by atoms with van der Waals surface area (Å²) < 4.78 is 13.5. The van der Waals surface area contributed by atoms with Crippen molar-refractivity contribution in [1.29, 1.82) is 0 Å². The summed E-state index contributed by atoms with van der Waals surface area (Å²) >= 11 is 0. The molecule has 0 aromatic heterocycles. The number of benzene rings is 3. The zero-order valence-electron chi connectivity index (χ0n) is 15.3. The zero-order valence-corrected chi connectivity index (χ0v) is 15.3. The van der Waals surface area contributed by atoms with Crippen LogP contribution in [0.3, 0.4) is 0 Å². The van der Waals surface area contributed by atoms with Crippen molar-refractivity contribution in [2.45, 2.75) is 12.1 Å². The van der Waals surface area contributed by atoms with Crippen LogP contribution in [-0.2, 0) is 14.4 Å². The SMILES string of the molecule is O=C1[C@@H]2[C@@H](ON(c3ccccc3)[C@H]2c2ccc(F)cc2)C(=O)N1c1ccccc1. The average Bonchev–Trinajstić information content (AvgIpc) is 3.26. The van der Waals surface area contributed by atoms with Gasteiger partial charge in [-0.1, -0.05) is 48.5 Å². The first-order valence-corrected chi connectivity index (χ1v) is 9.34. The smallest absolute Gasteiger partial charge is 0.266 e. The van der Waals surface area contributed by atoms with Crippen molar-refractivity contribution in [2.24, 2.45) is 5.92 Å². The lowest BCUT2D eigenvalue weighted by Gasteiger charge is -2.28. The second-order valence-corrected chi connectivity index (χ2v) is 7.06. The minimum atomic E-state index is -0.932. The fourth-order valence-electron chi connectivity index (χ4n) is 4.04. The van der Waals surface area contributed by atoms with Gasteiger partial charge in [-0.3, -0.25) is 14.4 Å². The highest BCUT2D eigenvalue weighted by Crippen LogP contribution is 2.47. The standard InChI is InChI=1S/C23H17FN2O3/c24-16-13-11-15(12-14-16)20-19-21(29-26(20)18-9-5-2-6-10-18)23(28)25(22(19)27)17-7-3-1-4-8-17/h1-14,19-21H/t19-,20-,21+/m0/s1. The van der Waals surface area contributed by atoms with Gasteiger partial charge in [0.05, 0.1) is 17.4 Å². The van der Waals surface area contributed by atoms with Crippen LogP contribution in [-0.4, -0.2) is 17.9 Å². The van der Waals surface area contributed by atoms with Crippen molar-refractivity contribution in [2.75, 3.05) is 9.96 Å². The van der Waals surface area contributed by atoms with Gasteiger partial charge in [-0.15, -0.1) is 0 Å². The number of hydrogen-bond donors (Lipinski definition) is 0. The number of fused-ring (bicyclic) bond motifs is 1. The first-order chi connectivity index (χ1) is 14.1. The van der Waals surface area contributed by atoms with E-state index in [1.807, 2.05) is 36.4 Å². The van der Waals surface area contributed by atoms with E-state index in [4.69, 9.17) is 4.84 Å². The number of para-hydroxylation sites is 2. The van der Waals surface area contributed by atoms with Crippen LogP contribution in [0.15, 0.2) is 84.9 Å². The Morgan fingerprint density at radius 1 is 0.724 bits per heavy atom. The van der Waals surface area contributed by atoms with Crippen LogP contribution >= 0.6 is 0 Å². The summed E-state index contributed by atoms with van der Waals surface area (Å²) in [6, 6.07) is 23.5. The Hall–Kier alpha value is -3.51. The van der Waals surface area contributed by atoms with Crippen molar-refractivity contribution in [3.8, 4) is 0 Å². The Morgan fingerprint density at radius 3 is 1.93 bits per heavy atom. The van der Waals surface area contributed by atoms with Crippen LogP contribution < -0.4 is 9.96 Å². The molecule has 0 radical (unpaired) electrons. The van der Waals surface area contributed by atoms with E-state index >= 15 is 0 Å². The minimum Gasteiger partial charge on any atom is -0.273 e. The summed E-state index contributed by atoms with van der Waals surface area (Å²) in [4.78, 5) is 33.7. The van der Waals surface area contributed by atoms with Crippen molar-refractivity contribution >= 4 is 23.2 Å². The molecule has 5 rings (SSSR count). The van der Waals surface area contributed by atoms with Crippen LogP contribution in [0.1, 0.15) is 11.6 Å². The number of hydroxylamine groups is 1. The summed E-state index contributed by atoms with van der Waals surface area (Å²) in [5, 5.41) is 1.60. The molecule has 29 heavy (non-hydrogen) atoms. The molecule has 6 heteroatoms. The molecule has 2 heterocycles. The number of halogens is 1. The molecule has 0 unspecified atom stereocenters. The second kappa shape index (κ2) is 6.83. The van der Waals surface area contributed by atoms with Gasteiger partial charge in [0.2, 0.25) is 5.91 Å². The molecule has 0 aliphatic carbocycles. The van der Waals surface area contributed by atoms with Crippen molar-refractivity contribution < 1.29 is 18.8 Å². The maximum Gasteiger partial charge on any atom is 0.266 e. The van der Waals surface area contributed by atoms with Gasteiger partial charge >= 0.3 is 0 Å². The highest BCUT2D eigenvalue weighted by Gasteiger charge is 2.60. The lowest BCUT2D eigenvalue weighted by molar-refractivity contribution is -0.126.